The molecule has 1 rings (SSSR count). The Labute approximate surface area is 83.8 Å². The van der Waals surface area contributed by atoms with Crippen molar-refractivity contribution in [3.05, 3.63) is 23.2 Å². The molecule has 0 aromatic heterocycles. The fraction of sp³-hybridized carbons (Fsp3) is 0.444. The van der Waals surface area contributed by atoms with E-state index in [0.29, 0.717) is 11.2 Å². The zero-order chi connectivity index (χ0) is 9.84. The standard InChI is InChI=1S/C9H13BClNO/c1-7-3-2-4-9(12)6-8(5-7)10(11)13/h5-6,12-13H,2-4H2,1H3/b7-5?,8-6+,12-9?. The first-order chi connectivity index (χ1) is 6.09. The second-order valence-corrected chi connectivity index (χ2v) is 3.76. The average molecular weight is 197 g/mol. The number of hydrogen-bond donors (Lipinski definition) is 2. The maximum absolute atomic E-state index is 9.19. The molecular formula is C9H13BClNO. The highest BCUT2D eigenvalue weighted by Gasteiger charge is 2.14. The lowest BCUT2D eigenvalue weighted by Gasteiger charge is -2.09. The summed E-state index contributed by atoms with van der Waals surface area (Å²) in [6.07, 6.45) is 5.27. The van der Waals surface area contributed by atoms with Gasteiger partial charge in [0.15, 0.2) is 0 Å². The Morgan fingerprint density at radius 3 is 2.77 bits per heavy atom. The highest BCUT2D eigenvalue weighted by molar-refractivity contribution is 7.07. The molecule has 1 aliphatic carbocycles. The van der Waals surface area contributed by atoms with Crippen molar-refractivity contribution in [2.75, 3.05) is 0 Å². The van der Waals surface area contributed by atoms with Gasteiger partial charge in [0, 0.05) is 5.71 Å². The van der Waals surface area contributed by atoms with Gasteiger partial charge >= 0.3 is 6.33 Å². The second kappa shape index (κ2) is 4.63. The molecule has 0 bridgehead atoms. The van der Waals surface area contributed by atoms with E-state index in [0.717, 1.165) is 19.3 Å². The topological polar surface area (TPSA) is 44.1 Å². The molecule has 4 heteroatoms. The zero-order valence-corrected chi connectivity index (χ0v) is 8.43. The SMILES string of the molecule is CC1=C/C(B(O)Cl)=C\C(=N)CCC1. The lowest BCUT2D eigenvalue weighted by Crippen LogP contribution is -2.10. The third kappa shape index (κ3) is 3.37. The summed E-state index contributed by atoms with van der Waals surface area (Å²) in [5.74, 6) is 0. The van der Waals surface area contributed by atoms with Crippen LogP contribution in [0.5, 0.6) is 0 Å². The Kier molecular flexibility index (Phi) is 3.76. The van der Waals surface area contributed by atoms with E-state index in [4.69, 9.17) is 16.9 Å². The van der Waals surface area contributed by atoms with E-state index in [2.05, 4.69) is 0 Å². The fourth-order valence-corrected chi connectivity index (χ4v) is 1.49. The van der Waals surface area contributed by atoms with Gasteiger partial charge in [-0.05, 0) is 37.7 Å². The maximum Gasteiger partial charge on any atom is 0.431 e. The molecule has 70 valence electrons. The van der Waals surface area contributed by atoms with Crippen LogP contribution in [0.3, 0.4) is 0 Å². The van der Waals surface area contributed by atoms with Crippen molar-refractivity contribution in [1.29, 1.82) is 5.41 Å². The van der Waals surface area contributed by atoms with Crippen LogP contribution in [0, 0.1) is 5.41 Å². The summed E-state index contributed by atoms with van der Waals surface area (Å²) >= 11 is 5.56. The fourth-order valence-electron chi connectivity index (χ4n) is 1.37. The molecule has 1 aliphatic rings. The highest BCUT2D eigenvalue weighted by atomic mass is 35.5. The Morgan fingerprint density at radius 1 is 1.46 bits per heavy atom. The summed E-state index contributed by atoms with van der Waals surface area (Å²) < 4.78 is 0. The Bertz CT molecular complexity index is 271. The van der Waals surface area contributed by atoms with Gasteiger partial charge in [-0.15, -0.1) is 11.5 Å². The molecule has 0 aliphatic heterocycles. The van der Waals surface area contributed by atoms with Crippen molar-refractivity contribution in [2.24, 2.45) is 0 Å². The van der Waals surface area contributed by atoms with E-state index in [1.54, 1.807) is 6.08 Å². The van der Waals surface area contributed by atoms with Gasteiger partial charge < -0.3 is 10.4 Å². The van der Waals surface area contributed by atoms with Crippen LogP contribution in [-0.2, 0) is 0 Å². The smallest absolute Gasteiger partial charge is 0.431 e. The summed E-state index contributed by atoms with van der Waals surface area (Å²) in [7, 11) is 0. The summed E-state index contributed by atoms with van der Waals surface area (Å²) in [5, 5.41) is 16.7. The van der Waals surface area contributed by atoms with E-state index in [1.165, 1.54) is 5.57 Å². The second-order valence-electron chi connectivity index (χ2n) is 3.35. The summed E-state index contributed by atoms with van der Waals surface area (Å²) in [6.45, 7) is 2.02. The molecule has 0 saturated carbocycles. The van der Waals surface area contributed by atoms with Gasteiger partial charge in [0.2, 0.25) is 0 Å². The van der Waals surface area contributed by atoms with E-state index in [1.807, 2.05) is 13.0 Å². The molecule has 0 atom stereocenters. The number of rotatable bonds is 1. The minimum absolute atomic E-state index is 0.540. The lowest BCUT2D eigenvalue weighted by atomic mass is 9.81. The zero-order valence-electron chi connectivity index (χ0n) is 7.68. The molecule has 0 fully saturated rings. The minimum Gasteiger partial charge on any atom is -0.434 e. The molecular weight excluding hydrogens is 184 g/mol. The van der Waals surface area contributed by atoms with E-state index >= 15 is 0 Å². The van der Waals surface area contributed by atoms with Gasteiger partial charge in [-0.1, -0.05) is 11.6 Å². The largest absolute Gasteiger partial charge is 0.434 e. The molecule has 0 radical (unpaired) electrons. The van der Waals surface area contributed by atoms with Gasteiger partial charge in [0.1, 0.15) is 0 Å². The van der Waals surface area contributed by atoms with Crippen LogP contribution in [0.1, 0.15) is 26.2 Å². The van der Waals surface area contributed by atoms with Gasteiger partial charge in [0.25, 0.3) is 0 Å². The third-order valence-electron chi connectivity index (χ3n) is 2.05. The summed E-state index contributed by atoms with van der Waals surface area (Å²) in [5.41, 5.74) is 2.38. The molecule has 13 heavy (non-hydrogen) atoms. The lowest BCUT2D eigenvalue weighted by molar-refractivity contribution is 0.603. The van der Waals surface area contributed by atoms with Crippen LogP contribution in [0.2, 0.25) is 0 Å². The molecule has 0 spiro atoms. The summed E-state index contributed by atoms with van der Waals surface area (Å²) in [6, 6.07) is 0. The third-order valence-corrected chi connectivity index (χ3v) is 2.30. The monoisotopic (exact) mass is 197 g/mol. The molecule has 0 heterocycles. The van der Waals surface area contributed by atoms with Crippen LogP contribution in [0.25, 0.3) is 0 Å². The van der Waals surface area contributed by atoms with Crippen LogP contribution in [0.4, 0.5) is 0 Å². The molecule has 0 aromatic carbocycles. The Balaban J connectivity index is 2.91. The normalized spacial score (nSPS) is 22.5. The van der Waals surface area contributed by atoms with E-state index in [9.17, 15) is 5.02 Å². The van der Waals surface area contributed by atoms with Crippen molar-refractivity contribution in [1.82, 2.24) is 0 Å². The van der Waals surface area contributed by atoms with Crippen molar-refractivity contribution in [3.63, 3.8) is 0 Å². The maximum atomic E-state index is 9.19. The van der Waals surface area contributed by atoms with Crippen molar-refractivity contribution >= 4 is 23.5 Å². The molecule has 0 amide bonds. The molecule has 0 aromatic rings. The van der Waals surface area contributed by atoms with Gasteiger partial charge in [-0.3, -0.25) is 0 Å². The molecule has 0 saturated heterocycles. The highest BCUT2D eigenvalue weighted by Crippen LogP contribution is 2.17. The van der Waals surface area contributed by atoms with Crippen molar-refractivity contribution in [2.45, 2.75) is 26.2 Å². The Morgan fingerprint density at radius 2 is 2.15 bits per heavy atom. The van der Waals surface area contributed by atoms with Gasteiger partial charge in [0.05, 0.1) is 0 Å². The first-order valence-electron chi connectivity index (χ1n) is 4.38. The van der Waals surface area contributed by atoms with Crippen molar-refractivity contribution < 1.29 is 5.02 Å². The van der Waals surface area contributed by atoms with Crippen LogP contribution < -0.4 is 0 Å². The predicted molar refractivity (Wildman–Crippen MR) is 57.2 cm³/mol. The van der Waals surface area contributed by atoms with Gasteiger partial charge in [-0.2, -0.15) is 0 Å². The Hall–Kier alpha value is -0.535. The van der Waals surface area contributed by atoms with Crippen molar-refractivity contribution in [3.8, 4) is 0 Å². The van der Waals surface area contributed by atoms with Crippen LogP contribution in [-0.4, -0.2) is 17.1 Å². The first kappa shape index (κ1) is 10.5. The number of nitrogens with one attached hydrogen (secondary N) is 1. The van der Waals surface area contributed by atoms with E-state index < -0.39 is 6.33 Å². The van der Waals surface area contributed by atoms with Crippen LogP contribution in [0.15, 0.2) is 23.2 Å². The number of halogens is 1. The van der Waals surface area contributed by atoms with E-state index in [-0.39, 0.29) is 0 Å². The number of allylic oxidation sites excluding steroid dienone is 4. The number of hydrogen-bond acceptors (Lipinski definition) is 2. The average Bonchev–Trinajstić information content (AvgIpc) is 1.99. The predicted octanol–water partition coefficient (Wildman–Crippen LogP) is 2.32. The molecule has 2 N–H and O–H groups in total. The molecule has 2 nitrogen and oxygen atoms in total. The van der Waals surface area contributed by atoms with Gasteiger partial charge in [-0.25, -0.2) is 0 Å². The summed E-state index contributed by atoms with van der Waals surface area (Å²) in [4.78, 5) is 0. The minimum atomic E-state index is -0.992. The molecule has 0 unspecified atom stereocenters. The van der Waals surface area contributed by atoms with Crippen LogP contribution >= 0.6 is 11.5 Å². The first-order valence-corrected chi connectivity index (χ1v) is 4.81. The quantitative estimate of drug-likeness (QED) is 0.623.